The van der Waals surface area contributed by atoms with Crippen molar-refractivity contribution in [1.82, 2.24) is 4.98 Å². The van der Waals surface area contributed by atoms with E-state index in [-0.39, 0.29) is 11.8 Å². The minimum atomic E-state index is -0.479. The van der Waals surface area contributed by atoms with Gasteiger partial charge in [0.1, 0.15) is 0 Å². The lowest BCUT2D eigenvalue weighted by Crippen LogP contribution is -2.41. The Kier molecular flexibility index (Phi) is 3.65. The van der Waals surface area contributed by atoms with E-state index >= 15 is 0 Å². The Morgan fingerprint density at radius 2 is 1.80 bits per heavy atom. The normalized spacial score (nSPS) is 21.8. The molecule has 1 atom stereocenters. The predicted molar refractivity (Wildman–Crippen MR) is 77.6 cm³/mol. The molecule has 1 fully saturated rings. The van der Waals surface area contributed by atoms with Crippen molar-refractivity contribution in [1.29, 1.82) is 0 Å². The number of primary amides is 1. The third-order valence-corrected chi connectivity index (χ3v) is 4.23. The number of hydrogen-bond acceptors (Lipinski definition) is 4. The fourth-order valence-corrected chi connectivity index (χ4v) is 1.99. The summed E-state index contributed by atoms with van der Waals surface area (Å²) in [5.41, 5.74) is 6.10. The van der Waals surface area contributed by atoms with Gasteiger partial charge in [0.15, 0.2) is 0 Å². The van der Waals surface area contributed by atoms with Crippen molar-refractivity contribution in [2.24, 2.45) is 5.73 Å². The van der Waals surface area contributed by atoms with Crippen LogP contribution in [0, 0.1) is 0 Å². The van der Waals surface area contributed by atoms with Gasteiger partial charge in [-0.1, -0.05) is 6.07 Å². The quantitative estimate of drug-likeness (QED) is 0.835. The van der Waals surface area contributed by atoms with Crippen LogP contribution in [0.2, 0.25) is 0 Å². The van der Waals surface area contributed by atoms with E-state index in [0.29, 0.717) is 0 Å². The maximum atomic E-state index is 11.3. The largest absolute Gasteiger partial charge is 0.496 e. The maximum absolute atomic E-state index is 11.3. The third-order valence-electron chi connectivity index (χ3n) is 4.23. The first-order valence-electron chi connectivity index (χ1n) is 6.74. The van der Waals surface area contributed by atoms with E-state index in [1.54, 1.807) is 19.3 Å². The van der Waals surface area contributed by atoms with Crippen LogP contribution in [-0.2, 0) is 14.1 Å². The molecule has 0 radical (unpaired) electrons. The monoisotopic (exact) mass is 276 g/mol. The molecule has 2 N–H and O–H groups in total. The second-order valence-corrected chi connectivity index (χ2v) is 6.26. The van der Waals surface area contributed by atoms with Crippen LogP contribution in [0.25, 0.3) is 0 Å². The Hall–Kier alpha value is -1.40. The summed E-state index contributed by atoms with van der Waals surface area (Å²) in [4.78, 5) is 15.4. The Labute approximate surface area is 120 Å². The standard InChI is InChI=1S/C14H21BN2O3/c1-9(12(16)18)10-6-11(8-17-7-10)15-19-13(2,3)14(4,5)20-15/h6-9H,1-5H3,(H2,16,18). The van der Waals surface area contributed by atoms with Crippen LogP contribution >= 0.6 is 0 Å². The molecule has 1 aliphatic rings. The van der Waals surface area contributed by atoms with E-state index in [1.807, 2.05) is 33.8 Å². The van der Waals surface area contributed by atoms with Crippen molar-refractivity contribution in [3.63, 3.8) is 0 Å². The zero-order chi connectivity index (χ0) is 15.1. The molecular weight excluding hydrogens is 255 g/mol. The van der Waals surface area contributed by atoms with Gasteiger partial charge in [0.2, 0.25) is 5.91 Å². The molecule has 1 aromatic rings. The van der Waals surface area contributed by atoms with Crippen LogP contribution in [0.5, 0.6) is 0 Å². The summed E-state index contributed by atoms with van der Waals surface area (Å²) in [7, 11) is -0.479. The van der Waals surface area contributed by atoms with E-state index in [1.165, 1.54) is 0 Å². The summed E-state index contributed by atoms with van der Waals surface area (Å²) in [5.74, 6) is -0.761. The number of pyridine rings is 1. The van der Waals surface area contributed by atoms with Crippen LogP contribution < -0.4 is 11.2 Å². The first-order valence-corrected chi connectivity index (χ1v) is 6.74. The summed E-state index contributed by atoms with van der Waals surface area (Å²) in [5, 5.41) is 0. The van der Waals surface area contributed by atoms with E-state index in [2.05, 4.69) is 4.98 Å². The average Bonchev–Trinajstić information content (AvgIpc) is 2.57. The lowest BCUT2D eigenvalue weighted by atomic mass is 9.79. The number of carbonyl (C=O) groups is 1. The predicted octanol–water partition coefficient (Wildman–Crippen LogP) is 0.970. The molecule has 0 bridgehead atoms. The van der Waals surface area contributed by atoms with Gasteiger partial charge in [0, 0.05) is 17.9 Å². The molecule has 0 aliphatic carbocycles. The third kappa shape index (κ3) is 2.58. The average molecular weight is 276 g/mol. The van der Waals surface area contributed by atoms with E-state index in [4.69, 9.17) is 15.0 Å². The van der Waals surface area contributed by atoms with Crippen molar-refractivity contribution in [3.8, 4) is 0 Å². The summed E-state index contributed by atoms with van der Waals surface area (Å²) < 4.78 is 11.9. The van der Waals surface area contributed by atoms with Crippen LogP contribution in [-0.4, -0.2) is 29.2 Å². The molecule has 0 aromatic carbocycles. The SMILES string of the molecule is CC(C(N)=O)c1cncc(B2OC(C)(C)C(C)(C)O2)c1. The second-order valence-electron chi connectivity index (χ2n) is 6.26. The number of carbonyl (C=O) groups excluding carboxylic acids is 1. The van der Waals surface area contributed by atoms with Crippen molar-refractivity contribution >= 4 is 18.5 Å². The summed E-state index contributed by atoms with van der Waals surface area (Å²) in [6.07, 6.45) is 3.34. The van der Waals surface area contributed by atoms with Gasteiger partial charge in [0.05, 0.1) is 17.1 Å². The fourth-order valence-electron chi connectivity index (χ4n) is 1.99. The minimum Gasteiger partial charge on any atom is -0.399 e. The van der Waals surface area contributed by atoms with Crippen molar-refractivity contribution in [2.75, 3.05) is 0 Å². The van der Waals surface area contributed by atoms with Gasteiger partial charge in [-0.05, 0) is 40.2 Å². The zero-order valence-corrected chi connectivity index (χ0v) is 12.6. The fraction of sp³-hybridized carbons (Fsp3) is 0.571. The van der Waals surface area contributed by atoms with Gasteiger partial charge in [0.25, 0.3) is 0 Å². The second kappa shape index (κ2) is 4.86. The Bertz CT molecular complexity index is 515. The van der Waals surface area contributed by atoms with Crippen molar-refractivity contribution in [3.05, 3.63) is 24.0 Å². The molecule has 20 heavy (non-hydrogen) atoms. The maximum Gasteiger partial charge on any atom is 0.496 e. The number of amides is 1. The molecule has 1 unspecified atom stereocenters. The number of aromatic nitrogens is 1. The summed E-state index contributed by atoms with van der Waals surface area (Å²) in [6, 6.07) is 1.87. The highest BCUT2D eigenvalue weighted by molar-refractivity contribution is 6.62. The molecule has 6 heteroatoms. The molecule has 1 aromatic heterocycles. The molecule has 2 rings (SSSR count). The molecule has 108 valence electrons. The molecule has 1 amide bonds. The van der Waals surface area contributed by atoms with Gasteiger partial charge >= 0.3 is 7.12 Å². The van der Waals surface area contributed by atoms with Crippen LogP contribution in [0.4, 0.5) is 0 Å². The lowest BCUT2D eigenvalue weighted by Gasteiger charge is -2.32. The number of hydrogen-bond donors (Lipinski definition) is 1. The van der Waals surface area contributed by atoms with Gasteiger partial charge in [-0.25, -0.2) is 0 Å². The van der Waals surface area contributed by atoms with E-state index in [9.17, 15) is 4.79 Å². The van der Waals surface area contributed by atoms with Crippen molar-refractivity contribution in [2.45, 2.75) is 51.7 Å². The van der Waals surface area contributed by atoms with Gasteiger partial charge in [-0.15, -0.1) is 0 Å². The topological polar surface area (TPSA) is 74.4 Å². The minimum absolute atomic E-state index is 0.377. The van der Waals surface area contributed by atoms with Gasteiger partial charge in [-0.3, -0.25) is 9.78 Å². The molecule has 1 saturated heterocycles. The molecule has 0 spiro atoms. The lowest BCUT2D eigenvalue weighted by molar-refractivity contribution is -0.119. The number of rotatable bonds is 3. The molecular formula is C14H21BN2O3. The smallest absolute Gasteiger partial charge is 0.399 e. The first-order chi connectivity index (χ1) is 9.14. The molecule has 0 saturated carbocycles. The number of nitrogens with two attached hydrogens (primary N) is 1. The van der Waals surface area contributed by atoms with Gasteiger partial charge in [-0.2, -0.15) is 0 Å². The van der Waals surface area contributed by atoms with Crippen molar-refractivity contribution < 1.29 is 14.1 Å². The van der Waals surface area contributed by atoms with E-state index in [0.717, 1.165) is 11.0 Å². The van der Waals surface area contributed by atoms with Crippen LogP contribution in [0.15, 0.2) is 18.5 Å². The number of nitrogens with zero attached hydrogens (tertiary/aromatic N) is 1. The Morgan fingerprint density at radius 1 is 1.25 bits per heavy atom. The summed E-state index contributed by atoms with van der Waals surface area (Å²) >= 11 is 0. The van der Waals surface area contributed by atoms with Crippen LogP contribution in [0.1, 0.15) is 46.1 Å². The molecule has 2 heterocycles. The highest BCUT2D eigenvalue weighted by Gasteiger charge is 2.51. The first kappa shape index (κ1) is 15.0. The Morgan fingerprint density at radius 3 is 2.30 bits per heavy atom. The zero-order valence-electron chi connectivity index (χ0n) is 12.6. The van der Waals surface area contributed by atoms with Crippen LogP contribution in [0.3, 0.4) is 0 Å². The highest BCUT2D eigenvalue weighted by Crippen LogP contribution is 2.36. The molecule has 5 nitrogen and oxygen atoms in total. The summed E-state index contributed by atoms with van der Waals surface area (Å²) in [6.45, 7) is 9.74. The van der Waals surface area contributed by atoms with E-state index < -0.39 is 18.3 Å². The Balaban J connectivity index is 2.28. The molecule has 1 aliphatic heterocycles. The highest BCUT2D eigenvalue weighted by atomic mass is 16.7. The van der Waals surface area contributed by atoms with Gasteiger partial charge < -0.3 is 15.0 Å².